The minimum atomic E-state index is -3.83. The summed E-state index contributed by atoms with van der Waals surface area (Å²) in [5.74, 6) is -0.458. The second kappa shape index (κ2) is 8.80. The number of nitrogens with zero attached hydrogens (tertiary/aromatic N) is 4. The van der Waals surface area contributed by atoms with Crippen molar-refractivity contribution in [3.63, 3.8) is 0 Å². The minimum absolute atomic E-state index is 0.0115. The lowest BCUT2D eigenvalue weighted by molar-refractivity contribution is 0.0991. The first kappa shape index (κ1) is 22.3. The molecule has 0 aliphatic carbocycles. The van der Waals surface area contributed by atoms with Crippen molar-refractivity contribution in [1.82, 2.24) is 14.3 Å². The standard InChI is InChI=1S/C19H25N5O4S2/c1-5-28-9-8-23-16-7-6-14(30(20,26)27)11-17(16)29-19(23)21-18(25)15-10-13(4)24(22-15)12(2)3/h6-7,10-12H,5,8-9H2,1-4H3,(H2,20,26,27). The number of sulfonamides is 1. The molecule has 0 atom stereocenters. The highest BCUT2D eigenvalue weighted by molar-refractivity contribution is 7.89. The van der Waals surface area contributed by atoms with Crippen LogP contribution in [0.25, 0.3) is 10.2 Å². The number of nitrogens with two attached hydrogens (primary N) is 1. The number of aryl methyl sites for hydroxylation is 1. The van der Waals surface area contributed by atoms with Crippen LogP contribution in [-0.2, 0) is 21.3 Å². The molecule has 2 N–H and O–H groups in total. The van der Waals surface area contributed by atoms with Crippen molar-refractivity contribution in [2.75, 3.05) is 13.2 Å². The van der Waals surface area contributed by atoms with Crippen LogP contribution in [0, 0.1) is 6.92 Å². The SMILES string of the molecule is CCOCCn1c(=NC(=O)c2cc(C)n(C(C)C)n2)sc2cc(S(N)(=O)=O)ccc21. The molecule has 1 aromatic carbocycles. The highest BCUT2D eigenvalue weighted by atomic mass is 32.2. The van der Waals surface area contributed by atoms with Crippen molar-refractivity contribution in [2.24, 2.45) is 10.1 Å². The number of primary sulfonamides is 1. The number of amides is 1. The maximum atomic E-state index is 12.8. The van der Waals surface area contributed by atoms with E-state index in [4.69, 9.17) is 9.88 Å². The molecule has 2 aromatic heterocycles. The molecule has 2 heterocycles. The normalized spacial score (nSPS) is 12.9. The Morgan fingerprint density at radius 3 is 2.67 bits per heavy atom. The molecule has 11 heteroatoms. The molecule has 9 nitrogen and oxygen atoms in total. The molecule has 0 aliphatic rings. The Morgan fingerprint density at radius 1 is 1.33 bits per heavy atom. The summed E-state index contributed by atoms with van der Waals surface area (Å²) < 4.78 is 33.1. The summed E-state index contributed by atoms with van der Waals surface area (Å²) in [5.41, 5.74) is 1.89. The second-order valence-electron chi connectivity index (χ2n) is 7.03. The van der Waals surface area contributed by atoms with Crippen LogP contribution in [0.3, 0.4) is 0 Å². The number of hydrogen-bond acceptors (Lipinski definition) is 6. The van der Waals surface area contributed by atoms with Crippen LogP contribution < -0.4 is 9.94 Å². The fraction of sp³-hybridized carbons (Fsp3) is 0.421. The van der Waals surface area contributed by atoms with Gasteiger partial charge >= 0.3 is 0 Å². The van der Waals surface area contributed by atoms with E-state index in [2.05, 4.69) is 10.1 Å². The Kier molecular flexibility index (Phi) is 6.56. The van der Waals surface area contributed by atoms with Crippen LogP contribution >= 0.6 is 11.3 Å². The lowest BCUT2D eigenvalue weighted by Crippen LogP contribution is -2.20. The van der Waals surface area contributed by atoms with E-state index in [-0.39, 0.29) is 16.6 Å². The van der Waals surface area contributed by atoms with E-state index in [1.54, 1.807) is 16.8 Å². The van der Waals surface area contributed by atoms with Crippen LogP contribution in [-0.4, -0.2) is 41.9 Å². The van der Waals surface area contributed by atoms with E-state index in [0.29, 0.717) is 29.3 Å². The van der Waals surface area contributed by atoms with E-state index in [9.17, 15) is 13.2 Å². The number of fused-ring (bicyclic) bond motifs is 1. The van der Waals surface area contributed by atoms with Crippen LogP contribution in [0.15, 0.2) is 34.2 Å². The predicted octanol–water partition coefficient (Wildman–Crippen LogP) is 2.21. The molecule has 162 valence electrons. The first-order valence-corrected chi connectivity index (χ1v) is 11.9. The fourth-order valence-electron chi connectivity index (χ4n) is 3.09. The summed E-state index contributed by atoms with van der Waals surface area (Å²) in [5, 5.41) is 9.61. The highest BCUT2D eigenvalue weighted by Gasteiger charge is 2.16. The number of carbonyl (C=O) groups is 1. The number of hydrogen-bond donors (Lipinski definition) is 1. The Bertz CT molecular complexity index is 1250. The summed E-state index contributed by atoms with van der Waals surface area (Å²) in [4.78, 5) is 17.5. The highest BCUT2D eigenvalue weighted by Crippen LogP contribution is 2.21. The lowest BCUT2D eigenvalue weighted by Gasteiger charge is -2.06. The van der Waals surface area contributed by atoms with Crippen LogP contribution in [0.2, 0.25) is 0 Å². The monoisotopic (exact) mass is 451 g/mol. The summed E-state index contributed by atoms with van der Waals surface area (Å²) in [6.45, 7) is 9.23. The van der Waals surface area contributed by atoms with Crippen molar-refractivity contribution in [2.45, 2.75) is 45.2 Å². The third-order valence-corrected chi connectivity index (χ3v) is 6.43. The van der Waals surface area contributed by atoms with Crippen LogP contribution in [0.1, 0.15) is 43.0 Å². The summed E-state index contributed by atoms with van der Waals surface area (Å²) >= 11 is 1.22. The van der Waals surface area contributed by atoms with Crippen molar-refractivity contribution in [3.8, 4) is 0 Å². The molecule has 3 aromatic rings. The van der Waals surface area contributed by atoms with Gasteiger partial charge in [-0.2, -0.15) is 10.1 Å². The largest absolute Gasteiger partial charge is 0.380 e. The minimum Gasteiger partial charge on any atom is -0.380 e. The Labute approximate surface area is 178 Å². The smallest absolute Gasteiger partial charge is 0.300 e. The Balaban J connectivity index is 2.11. The number of rotatable bonds is 7. The molecular weight excluding hydrogens is 426 g/mol. The zero-order valence-corrected chi connectivity index (χ0v) is 19.0. The maximum absolute atomic E-state index is 12.8. The molecular formula is C19H25N5O4S2. The quantitative estimate of drug-likeness (QED) is 0.552. The van der Waals surface area contributed by atoms with Crippen molar-refractivity contribution < 1.29 is 17.9 Å². The predicted molar refractivity (Wildman–Crippen MR) is 115 cm³/mol. The number of benzene rings is 1. The first-order chi connectivity index (χ1) is 14.1. The molecule has 1 amide bonds. The zero-order valence-electron chi connectivity index (χ0n) is 17.3. The van der Waals surface area contributed by atoms with Gasteiger partial charge in [0.25, 0.3) is 5.91 Å². The van der Waals surface area contributed by atoms with Gasteiger partial charge in [0.2, 0.25) is 10.0 Å². The lowest BCUT2D eigenvalue weighted by atomic mass is 10.3. The third-order valence-electron chi connectivity index (χ3n) is 4.47. The van der Waals surface area contributed by atoms with Gasteiger partial charge in [0, 0.05) is 24.9 Å². The fourth-order valence-corrected chi connectivity index (χ4v) is 4.80. The zero-order chi connectivity index (χ0) is 22.1. The van der Waals surface area contributed by atoms with Crippen LogP contribution in [0.4, 0.5) is 0 Å². The first-order valence-electron chi connectivity index (χ1n) is 9.51. The van der Waals surface area contributed by atoms with Crippen molar-refractivity contribution in [1.29, 1.82) is 0 Å². The second-order valence-corrected chi connectivity index (χ2v) is 9.60. The maximum Gasteiger partial charge on any atom is 0.300 e. The number of ether oxygens (including phenoxy) is 1. The topological polar surface area (TPSA) is 122 Å². The Hall–Kier alpha value is -2.34. The number of aromatic nitrogens is 3. The summed E-state index contributed by atoms with van der Waals surface area (Å²) in [7, 11) is -3.83. The molecule has 0 saturated carbocycles. The van der Waals surface area contributed by atoms with Gasteiger partial charge in [0.05, 0.1) is 21.7 Å². The molecule has 30 heavy (non-hydrogen) atoms. The van der Waals surface area contributed by atoms with E-state index >= 15 is 0 Å². The average Bonchev–Trinajstić information content (AvgIpc) is 3.21. The molecule has 0 radical (unpaired) electrons. The van der Waals surface area contributed by atoms with Gasteiger partial charge < -0.3 is 9.30 Å². The molecule has 0 aliphatic heterocycles. The molecule has 0 bridgehead atoms. The van der Waals surface area contributed by atoms with Gasteiger partial charge in [-0.1, -0.05) is 11.3 Å². The Morgan fingerprint density at radius 2 is 2.07 bits per heavy atom. The summed E-state index contributed by atoms with van der Waals surface area (Å²) in [6.07, 6.45) is 0. The van der Waals surface area contributed by atoms with Gasteiger partial charge in [-0.3, -0.25) is 9.48 Å². The van der Waals surface area contributed by atoms with Gasteiger partial charge in [-0.05, 0) is 52.0 Å². The third kappa shape index (κ3) is 4.69. The van der Waals surface area contributed by atoms with E-state index < -0.39 is 15.9 Å². The van der Waals surface area contributed by atoms with Crippen molar-refractivity contribution >= 4 is 37.5 Å². The summed E-state index contributed by atoms with van der Waals surface area (Å²) in [6, 6.07) is 6.44. The van der Waals surface area contributed by atoms with Gasteiger partial charge in [0.15, 0.2) is 10.5 Å². The molecule has 3 rings (SSSR count). The number of thiazole rings is 1. The van der Waals surface area contributed by atoms with Gasteiger partial charge in [0.1, 0.15) is 0 Å². The molecule has 0 unspecified atom stereocenters. The number of carbonyl (C=O) groups excluding carboxylic acids is 1. The van der Waals surface area contributed by atoms with Gasteiger partial charge in [-0.25, -0.2) is 13.6 Å². The van der Waals surface area contributed by atoms with Crippen molar-refractivity contribution in [3.05, 3.63) is 40.5 Å². The average molecular weight is 452 g/mol. The van der Waals surface area contributed by atoms with E-state index in [1.165, 1.54) is 23.5 Å². The molecule has 0 saturated heterocycles. The molecule has 0 fully saturated rings. The van der Waals surface area contributed by atoms with E-state index in [0.717, 1.165) is 11.2 Å². The van der Waals surface area contributed by atoms with E-state index in [1.807, 2.05) is 32.3 Å². The van der Waals surface area contributed by atoms with Crippen LogP contribution in [0.5, 0.6) is 0 Å². The van der Waals surface area contributed by atoms with Gasteiger partial charge in [-0.15, -0.1) is 0 Å². The molecule has 0 spiro atoms.